The molecule has 1 atom stereocenters. The molecule has 1 rings (SSSR count). The standard InChI is InChI=1S/C14H18ClNO3S2/c1-20-8-6-12(14(18)19)16-13(17)7-9-21-11-4-2-10(15)3-5-11/h2-5,12H,6-9H2,1H3,(H,16,17)(H,18,19). The van der Waals surface area contributed by atoms with E-state index in [9.17, 15) is 9.59 Å². The maximum Gasteiger partial charge on any atom is 0.326 e. The van der Waals surface area contributed by atoms with Crippen molar-refractivity contribution >= 4 is 47.0 Å². The van der Waals surface area contributed by atoms with Gasteiger partial charge >= 0.3 is 5.97 Å². The summed E-state index contributed by atoms with van der Waals surface area (Å²) in [6.45, 7) is 0. The van der Waals surface area contributed by atoms with Gasteiger partial charge < -0.3 is 10.4 Å². The number of aliphatic carboxylic acids is 1. The van der Waals surface area contributed by atoms with Crippen molar-refractivity contribution in [1.29, 1.82) is 0 Å². The molecule has 4 nitrogen and oxygen atoms in total. The second-order valence-electron chi connectivity index (χ2n) is 4.29. The molecule has 21 heavy (non-hydrogen) atoms. The van der Waals surface area contributed by atoms with Crippen LogP contribution in [-0.4, -0.2) is 40.8 Å². The van der Waals surface area contributed by atoms with Gasteiger partial charge in [-0.15, -0.1) is 11.8 Å². The maximum atomic E-state index is 11.7. The predicted molar refractivity (Wildman–Crippen MR) is 89.4 cm³/mol. The molecule has 0 fully saturated rings. The van der Waals surface area contributed by atoms with Crippen molar-refractivity contribution in [3.05, 3.63) is 29.3 Å². The zero-order chi connectivity index (χ0) is 15.7. The summed E-state index contributed by atoms with van der Waals surface area (Å²) < 4.78 is 0. The fourth-order valence-corrected chi connectivity index (χ4v) is 3.00. The van der Waals surface area contributed by atoms with Crippen molar-refractivity contribution in [2.75, 3.05) is 17.8 Å². The predicted octanol–water partition coefficient (Wildman–Crippen LogP) is 3.14. The molecule has 0 aliphatic carbocycles. The number of carboxylic acids is 1. The summed E-state index contributed by atoms with van der Waals surface area (Å²) in [5.41, 5.74) is 0. The number of halogens is 1. The van der Waals surface area contributed by atoms with Crippen LogP contribution in [0.4, 0.5) is 0 Å². The third kappa shape index (κ3) is 7.64. The Hall–Kier alpha value is -0.850. The van der Waals surface area contributed by atoms with Crippen LogP contribution < -0.4 is 5.32 Å². The normalized spacial score (nSPS) is 11.9. The highest BCUT2D eigenvalue weighted by atomic mass is 35.5. The van der Waals surface area contributed by atoms with E-state index in [0.29, 0.717) is 22.9 Å². The second kappa shape index (κ2) is 9.97. The van der Waals surface area contributed by atoms with Crippen LogP contribution in [0.2, 0.25) is 5.02 Å². The minimum absolute atomic E-state index is 0.232. The molecule has 1 amide bonds. The van der Waals surface area contributed by atoms with Gasteiger partial charge in [0, 0.05) is 22.1 Å². The Morgan fingerprint density at radius 3 is 2.52 bits per heavy atom. The van der Waals surface area contributed by atoms with Crippen molar-refractivity contribution in [2.45, 2.75) is 23.8 Å². The second-order valence-corrected chi connectivity index (χ2v) is 6.88. The number of rotatable bonds is 9. The van der Waals surface area contributed by atoms with E-state index in [4.69, 9.17) is 16.7 Å². The molecule has 0 radical (unpaired) electrons. The Bertz CT molecular complexity index is 468. The first-order valence-corrected chi connectivity index (χ1v) is 9.18. The lowest BCUT2D eigenvalue weighted by Crippen LogP contribution is -2.41. The highest BCUT2D eigenvalue weighted by Crippen LogP contribution is 2.20. The number of hydrogen-bond donors (Lipinski definition) is 2. The van der Waals surface area contributed by atoms with Gasteiger partial charge in [-0.1, -0.05) is 11.6 Å². The van der Waals surface area contributed by atoms with Gasteiger partial charge in [-0.25, -0.2) is 4.79 Å². The number of hydrogen-bond acceptors (Lipinski definition) is 4. The van der Waals surface area contributed by atoms with E-state index in [0.717, 1.165) is 4.90 Å². The van der Waals surface area contributed by atoms with Gasteiger partial charge in [0.05, 0.1) is 0 Å². The molecule has 0 aliphatic rings. The average Bonchev–Trinajstić information content (AvgIpc) is 2.45. The summed E-state index contributed by atoms with van der Waals surface area (Å²) in [6, 6.07) is 6.58. The quantitative estimate of drug-likeness (QED) is 0.672. The zero-order valence-corrected chi connectivity index (χ0v) is 14.1. The highest BCUT2D eigenvalue weighted by molar-refractivity contribution is 7.99. The highest BCUT2D eigenvalue weighted by Gasteiger charge is 2.18. The lowest BCUT2D eigenvalue weighted by atomic mass is 10.2. The first-order valence-electron chi connectivity index (χ1n) is 6.42. The third-order valence-electron chi connectivity index (χ3n) is 2.66. The summed E-state index contributed by atoms with van der Waals surface area (Å²) in [5.74, 6) is 0.0896. The molecule has 116 valence electrons. The van der Waals surface area contributed by atoms with Gasteiger partial charge in [0.1, 0.15) is 6.04 Å². The fourth-order valence-electron chi connectivity index (χ4n) is 1.55. The lowest BCUT2D eigenvalue weighted by Gasteiger charge is -2.13. The van der Waals surface area contributed by atoms with E-state index in [1.807, 2.05) is 18.4 Å². The van der Waals surface area contributed by atoms with Crippen LogP contribution >= 0.6 is 35.1 Å². The Balaban J connectivity index is 2.32. The molecule has 1 aromatic rings. The van der Waals surface area contributed by atoms with Crippen LogP contribution in [0, 0.1) is 0 Å². The molecule has 0 spiro atoms. The molecule has 1 unspecified atom stereocenters. The van der Waals surface area contributed by atoms with Crippen molar-refractivity contribution in [3.8, 4) is 0 Å². The topological polar surface area (TPSA) is 66.4 Å². The average molecular weight is 348 g/mol. The summed E-state index contributed by atoms with van der Waals surface area (Å²) in [4.78, 5) is 23.8. The van der Waals surface area contributed by atoms with Crippen molar-refractivity contribution in [1.82, 2.24) is 5.32 Å². The van der Waals surface area contributed by atoms with Crippen LogP contribution in [0.1, 0.15) is 12.8 Å². The first-order chi connectivity index (χ1) is 10.0. The molecule has 1 aromatic carbocycles. The number of thioether (sulfide) groups is 2. The number of nitrogens with one attached hydrogen (secondary N) is 1. The molecule has 2 N–H and O–H groups in total. The molecular weight excluding hydrogens is 330 g/mol. The van der Waals surface area contributed by atoms with Gasteiger partial charge in [0.2, 0.25) is 5.91 Å². The van der Waals surface area contributed by atoms with E-state index in [-0.39, 0.29) is 12.3 Å². The van der Waals surface area contributed by atoms with Crippen LogP contribution in [-0.2, 0) is 9.59 Å². The van der Waals surface area contributed by atoms with E-state index in [1.165, 1.54) is 11.8 Å². The van der Waals surface area contributed by atoms with Crippen molar-refractivity contribution in [3.63, 3.8) is 0 Å². The SMILES string of the molecule is CSCCC(NC(=O)CCSc1ccc(Cl)cc1)C(=O)O. The summed E-state index contributed by atoms with van der Waals surface area (Å²) >= 11 is 8.89. The van der Waals surface area contributed by atoms with Gasteiger partial charge in [0.25, 0.3) is 0 Å². The Kier molecular flexibility index (Phi) is 8.64. The fraction of sp³-hybridized carbons (Fsp3) is 0.429. The van der Waals surface area contributed by atoms with Crippen LogP contribution in [0.25, 0.3) is 0 Å². The monoisotopic (exact) mass is 347 g/mol. The van der Waals surface area contributed by atoms with Crippen LogP contribution in [0.5, 0.6) is 0 Å². The molecule has 0 saturated carbocycles. The lowest BCUT2D eigenvalue weighted by molar-refractivity contribution is -0.141. The Morgan fingerprint density at radius 2 is 1.95 bits per heavy atom. The van der Waals surface area contributed by atoms with Crippen molar-refractivity contribution in [2.24, 2.45) is 0 Å². The molecule has 7 heteroatoms. The van der Waals surface area contributed by atoms with Gasteiger partial charge in [-0.05, 0) is 42.7 Å². The minimum Gasteiger partial charge on any atom is -0.480 e. The van der Waals surface area contributed by atoms with Crippen LogP contribution in [0.3, 0.4) is 0 Å². The number of carbonyl (C=O) groups excluding carboxylic acids is 1. The van der Waals surface area contributed by atoms with Gasteiger partial charge in [-0.2, -0.15) is 11.8 Å². The van der Waals surface area contributed by atoms with E-state index in [1.54, 1.807) is 23.9 Å². The number of carboxylic acid groups (broad SMARTS) is 1. The number of amides is 1. The van der Waals surface area contributed by atoms with E-state index in [2.05, 4.69) is 5.32 Å². The Morgan fingerprint density at radius 1 is 1.29 bits per heavy atom. The van der Waals surface area contributed by atoms with Crippen LogP contribution in [0.15, 0.2) is 29.2 Å². The largest absolute Gasteiger partial charge is 0.480 e. The summed E-state index contributed by atoms with van der Waals surface area (Å²) in [6.07, 6.45) is 2.63. The van der Waals surface area contributed by atoms with Crippen molar-refractivity contribution < 1.29 is 14.7 Å². The maximum absolute atomic E-state index is 11.7. The van der Waals surface area contributed by atoms with E-state index >= 15 is 0 Å². The van der Waals surface area contributed by atoms with E-state index < -0.39 is 12.0 Å². The molecule has 0 saturated heterocycles. The molecular formula is C14H18ClNO3S2. The summed E-state index contributed by atoms with van der Waals surface area (Å²) in [7, 11) is 0. The Labute approximate surface area is 138 Å². The van der Waals surface area contributed by atoms with Gasteiger partial charge in [0.15, 0.2) is 0 Å². The molecule has 0 aromatic heterocycles. The zero-order valence-electron chi connectivity index (χ0n) is 11.7. The number of carbonyl (C=O) groups is 2. The smallest absolute Gasteiger partial charge is 0.326 e. The first kappa shape index (κ1) is 18.2. The third-order valence-corrected chi connectivity index (χ3v) is 4.57. The van der Waals surface area contributed by atoms with Gasteiger partial charge in [-0.3, -0.25) is 4.79 Å². The molecule has 0 aliphatic heterocycles. The summed E-state index contributed by atoms with van der Waals surface area (Å²) in [5, 5.41) is 12.3. The number of benzene rings is 1. The molecule has 0 bridgehead atoms. The minimum atomic E-state index is -0.984. The molecule has 0 heterocycles.